The highest BCUT2D eigenvalue weighted by molar-refractivity contribution is 7.89. The lowest BCUT2D eigenvalue weighted by Crippen LogP contribution is -3.16. The number of quaternary nitrogens is 1. The van der Waals surface area contributed by atoms with Gasteiger partial charge in [0.2, 0.25) is 10.0 Å². The van der Waals surface area contributed by atoms with Crippen molar-refractivity contribution in [2.24, 2.45) is 0 Å². The van der Waals surface area contributed by atoms with Crippen LogP contribution in [0.4, 0.5) is 0 Å². The van der Waals surface area contributed by atoms with Gasteiger partial charge in [0.1, 0.15) is 0 Å². The van der Waals surface area contributed by atoms with Gasteiger partial charge in [-0.3, -0.25) is 4.79 Å². The van der Waals surface area contributed by atoms with Crippen molar-refractivity contribution in [1.82, 2.24) is 10.0 Å². The molecule has 28 heavy (non-hydrogen) atoms. The molecule has 1 amide bonds. The molecule has 158 valence electrons. The van der Waals surface area contributed by atoms with Gasteiger partial charge in [-0.25, -0.2) is 13.1 Å². The maximum absolute atomic E-state index is 12.3. The number of carbonyl (C=O) groups is 1. The van der Waals surface area contributed by atoms with Gasteiger partial charge in [-0.15, -0.1) is 0 Å². The minimum absolute atomic E-state index is 0.134. The van der Waals surface area contributed by atoms with E-state index < -0.39 is 10.0 Å². The molecule has 1 aliphatic rings. The Morgan fingerprint density at radius 3 is 2.64 bits per heavy atom. The predicted octanol–water partition coefficient (Wildman–Crippen LogP) is 0.577. The van der Waals surface area contributed by atoms with E-state index in [0.29, 0.717) is 18.2 Å². The Kier molecular flexibility index (Phi) is 8.88. The first-order chi connectivity index (χ1) is 13.3. The number of rotatable bonds is 10. The van der Waals surface area contributed by atoms with Crippen molar-refractivity contribution in [3.63, 3.8) is 0 Å². The second-order valence-corrected chi connectivity index (χ2v) is 9.38. The highest BCUT2D eigenvalue weighted by Crippen LogP contribution is 2.11. The highest BCUT2D eigenvalue weighted by Gasteiger charge is 2.21. The zero-order valence-electron chi connectivity index (χ0n) is 17.2. The maximum Gasteiger partial charge on any atom is 0.251 e. The smallest absolute Gasteiger partial charge is 0.251 e. The van der Waals surface area contributed by atoms with Crippen molar-refractivity contribution in [3.8, 4) is 0 Å². The second-order valence-electron chi connectivity index (χ2n) is 7.67. The van der Waals surface area contributed by atoms with Gasteiger partial charge in [0.25, 0.3) is 5.91 Å². The van der Waals surface area contributed by atoms with Gasteiger partial charge >= 0.3 is 0 Å². The second kappa shape index (κ2) is 10.9. The van der Waals surface area contributed by atoms with Crippen LogP contribution in [-0.4, -0.2) is 59.8 Å². The fourth-order valence-electron chi connectivity index (χ4n) is 3.65. The third-order valence-electron chi connectivity index (χ3n) is 5.24. The first-order valence-corrected chi connectivity index (χ1v) is 11.6. The average Bonchev–Trinajstić information content (AvgIpc) is 2.66. The lowest BCUT2D eigenvalue weighted by atomic mass is 10.0. The maximum atomic E-state index is 12.3. The molecule has 0 bridgehead atoms. The molecule has 0 aliphatic carbocycles. The van der Waals surface area contributed by atoms with Crippen LogP contribution in [0.1, 0.15) is 49.9 Å². The molecule has 0 spiro atoms. The Balaban J connectivity index is 1.81. The van der Waals surface area contributed by atoms with Crippen molar-refractivity contribution in [2.75, 3.05) is 33.4 Å². The van der Waals surface area contributed by atoms with E-state index in [4.69, 9.17) is 4.74 Å². The third kappa shape index (κ3) is 6.84. The number of carbonyl (C=O) groups excluding carboxylic acids is 1. The molecule has 3 N–H and O–H groups in total. The minimum Gasteiger partial charge on any atom is -0.383 e. The lowest BCUT2D eigenvalue weighted by molar-refractivity contribution is -0.928. The van der Waals surface area contributed by atoms with Crippen LogP contribution < -0.4 is 14.9 Å². The van der Waals surface area contributed by atoms with Gasteiger partial charge in [-0.05, 0) is 57.4 Å². The molecule has 1 aliphatic heterocycles. The highest BCUT2D eigenvalue weighted by atomic mass is 32.2. The van der Waals surface area contributed by atoms with E-state index in [1.54, 1.807) is 24.0 Å². The van der Waals surface area contributed by atoms with Crippen LogP contribution in [0.15, 0.2) is 29.2 Å². The number of nitrogens with one attached hydrogen (secondary N) is 3. The SMILES string of the molecule is COC[C@H](C)NS(=O)(=O)c1ccc(C(=O)NCCC[NH+]2CCCC[C@H]2C)cc1. The summed E-state index contributed by atoms with van der Waals surface area (Å²) in [5, 5.41) is 2.93. The van der Waals surface area contributed by atoms with Crippen LogP contribution in [0.25, 0.3) is 0 Å². The number of amides is 1. The van der Waals surface area contributed by atoms with Crippen LogP contribution in [0.5, 0.6) is 0 Å². The van der Waals surface area contributed by atoms with E-state index in [1.807, 2.05) is 0 Å². The zero-order chi connectivity index (χ0) is 20.6. The topological polar surface area (TPSA) is 88.9 Å². The standard InChI is InChI=1S/C20H33N3O4S/c1-16(15-27-3)22-28(25,26)19-10-8-18(9-11-19)20(24)21-12-6-14-23-13-5-4-7-17(23)2/h8-11,16-17,22H,4-7,12-15H2,1-3H3,(H,21,24)/p+1/t16-,17+/m0/s1. The summed E-state index contributed by atoms with van der Waals surface area (Å²) in [5.74, 6) is -0.175. The molecular weight excluding hydrogens is 378 g/mol. The summed E-state index contributed by atoms with van der Waals surface area (Å²) in [6, 6.07) is 6.38. The summed E-state index contributed by atoms with van der Waals surface area (Å²) in [6.45, 7) is 7.25. The van der Waals surface area contributed by atoms with Gasteiger partial charge in [0, 0.05) is 31.7 Å². The molecule has 0 radical (unpaired) electrons. The number of benzene rings is 1. The molecule has 0 saturated carbocycles. The van der Waals surface area contributed by atoms with Crippen molar-refractivity contribution >= 4 is 15.9 Å². The van der Waals surface area contributed by atoms with Gasteiger partial charge in [-0.1, -0.05) is 0 Å². The van der Waals surface area contributed by atoms with Crippen LogP contribution in [0.2, 0.25) is 0 Å². The summed E-state index contributed by atoms with van der Waals surface area (Å²) in [6.07, 6.45) is 4.85. The fraction of sp³-hybridized carbons (Fsp3) is 0.650. The molecule has 1 aromatic carbocycles. The summed E-state index contributed by atoms with van der Waals surface area (Å²) in [4.78, 5) is 14.0. The van der Waals surface area contributed by atoms with E-state index >= 15 is 0 Å². The number of methoxy groups -OCH3 is 1. The first-order valence-electron chi connectivity index (χ1n) is 10.1. The van der Waals surface area contributed by atoms with Crippen molar-refractivity contribution in [3.05, 3.63) is 29.8 Å². The Morgan fingerprint density at radius 1 is 1.29 bits per heavy atom. The number of hydrogen-bond donors (Lipinski definition) is 3. The quantitative estimate of drug-likeness (QED) is 0.491. The molecule has 7 nitrogen and oxygen atoms in total. The monoisotopic (exact) mass is 412 g/mol. The first kappa shape index (κ1) is 22.8. The number of likely N-dealkylation sites (tertiary alicyclic amines) is 1. The molecule has 1 saturated heterocycles. The lowest BCUT2D eigenvalue weighted by Gasteiger charge is -2.30. The molecular formula is C20H34N3O4S+. The predicted molar refractivity (Wildman–Crippen MR) is 109 cm³/mol. The number of ether oxygens (including phenoxy) is 1. The van der Waals surface area contributed by atoms with Gasteiger partial charge < -0.3 is 15.0 Å². The van der Waals surface area contributed by atoms with Gasteiger partial charge in [-0.2, -0.15) is 0 Å². The van der Waals surface area contributed by atoms with E-state index in [-0.39, 0.29) is 23.5 Å². The molecule has 8 heteroatoms. The zero-order valence-corrected chi connectivity index (χ0v) is 18.0. The number of piperidine rings is 1. The summed E-state index contributed by atoms with van der Waals surface area (Å²) < 4.78 is 32.1. The molecule has 1 heterocycles. The van der Waals surface area contributed by atoms with Crippen molar-refractivity contribution in [2.45, 2.75) is 56.5 Å². The van der Waals surface area contributed by atoms with E-state index in [2.05, 4.69) is 17.0 Å². The normalized spacial score (nSPS) is 21.2. The largest absolute Gasteiger partial charge is 0.383 e. The third-order valence-corrected chi connectivity index (χ3v) is 6.85. The Bertz CT molecular complexity index is 721. The van der Waals surface area contributed by atoms with Crippen LogP contribution in [0.3, 0.4) is 0 Å². The summed E-state index contributed by atoms with van der Waals surface area (Å²) in [5.41, 5.74) is 0.461. The fourth-order valence-corrected chi connectivity index (χ4v) is 4.87. The molecule has 1 aromatic rings. The molecule has 2 rings (SSSR count). The van der Waals surface area contributed by atoms with E-state index in [1.165, 1.54) is 45.0 Å². The van der Waals surface area contributed by atoms with Crippen LogP contribution in [0, 0.1) is 0 Å². The summed E-state index contributed by atoms with van der Waals surface area (Å²) >= 11 is 0. The number of hydrogen-bond acceptors (Lipinski definition) is 4. The van der Waals surface area contributed by atoms with Crippen LogP contribution in [-0.2, 0) is 14.8 Å². The molecule has 1 fully saturated rings. The minimum atomic E-state index is -3.63. The van der Waals surface area contributed by atoms with Gasteiger partial charge in [0.05, 0.1) is 30.6 Å². The van der Waals surface area contributed by atoms with Crippen LogP contribution >= 0.6 is 0 Å². The summed E-state index contributed by atoms with van der Waals surface area (Å²) in [7, 11) is -2.11. The molecule has 0 aromatic heterocycles. The average molecular weight is 413 g/mol. The number of sulfonamides is 1. The molecule has 3 atom stereocenters. The Morgan fingerprint density at radius 2 is 2.00 bits per heavy atom. The van der Waals surface area contributed by atoms with Gasteiger partial charge in [0.15, 0.2) is 0 Å². The van der Waals surface area contributed by atoms with E-state index in [0.717, 1.165) is 13.0 Å². The Labute approximate surface area is 168 Å². The molecule has 1 unspecified atom stereocenters. The van der Waals surface area contributed by atoms with E-state index in [9.17, 15) is 13.2 Å². The van der Waals surface area contributed by atoms with Crippen molar-refractivity contribution in [1.29, 1.82) is 0 Å². The Hall–Kier alpha value is -1.48. The van der Waals surface area contributed by atoms with Crippen molar-refractivity contribution < 1.29 is 22.8 Å².